The van der Waals surface area contributed by atoms with Gasteiger partial charge in [-0.25, -0.2) is 9.78 Å². The molecule has 2 aromatic heterocycles. The van der Waals surface area contributed by atoms with Gasteiger partial charge in [0.15, 0.2) is 12.3 Å². The normalized spacial score (nSPS) is 11.0. The Kier molecular flexibility index (Phi) is 8.51. The largest absolute Gasteiger partial charge is 0.455 e. The van der Waals surface area contributed by atoms with Gasteiger partial charge >= 0.3 is 11.7 Å². The zero-order chi connectivity index (χ0) is 23.1. The molecular weight excluding hydrogens is 426 g/mol. The summed E-state index contributed by atoms with van der Waals surface area (Å²) in [7, 11) is 1.44. The smallest absolute Gasteiger partial charge is 0.330 e. The topological polar surface area (TPSA) is 150 Å². The maximum Gasteiger partial charge on any atom is 0.330 e. The van der Waals surface area contributed by atoms with Gasteiger partial charge in [0, 0.05) is 25.6 Å². The fourth-order valence-electron chi connectivity index (χ4n) is 2.84. The molecule has 2 rings (SSSR count). The Hall–Kier alpha value is -2.99. The van der Waals surface area contributed by atoms with Crippen molar-refractivity contribution in [2.24, 2.45) is 5.92 Å². The second kappa shape index (κ2) is 10.9. The number of aromatic nitrogens is 3. The van der Waals surface area contributed by atoms with Crippen LogP contribution >= 0.6 is 11.3 Å². The van der Waals surface area contributed by atoms with Crippen LogP contribution in [0.25, 0.3) is 0 Å². The Bertz CT molecular complexity index is 1040. The van der Waals surface area contributed by atoms with Crippen molar-refractivity contribution < 1.29 is 19.1 Å². The molecule has 12 heteroatoms. The van der Waals surface area contributed by atoms with E-state index in [0.717, 1.165) is 9.91 Å². The number of methoxy groups -OCH3 is 1. The average molecular weight is 454 g/mol. The maximum absolute atomic E-state index is 12.8. The first-order chi connectivity index (χ1) is 14.6. The maximum atomic E-state index is 12.8. The molecule has 1 amide bonds. The number of aryl methyl sites for hydroxylation is 1. The van der Waals surface area contributed by atoms with Crippen LogP contribution in [-0.2, 0) is 32.0 Å². The summed E-state index contributed by atoms with van der Waals surface area (Å²) in [6.45, 7) is 5.31. The number of rotatable bonds is 10. The predicted octanol–water partition coefficient (Wildman–Crippen LogP) is 0.305. The number of aromatic amines is 1. The highest BCUT2D eigenvalue weighted by molar-refractivity contribution is 7.09. The number of anilines is 2. The van der Waals surface area contributed by atoms with Gasteiger partial charge in [-0.15, -0.1) is 11.3 Å². The molecule has 0 spiro atoms. The van der Waals surface area contributed by atoms with Crippen LogP contribution in [-0.4, -0.2) is 53.3 Å². The fraction of sp³-hybridized carbons (Fsp3) is 0.526. The zero-order valence-electron chi connectivity index (χ0n) is 18.0. The Balaban J connectivity index is 2.24. The highest BCUT2D eigenvalue weighted by Gasteiger charge is 2.25. The van der Waals surface area contributed by atoms with E-state index in [1.807, 2.05) is 20.8 Å². The van der Waals surface area contributed by atoms with Gasteiger partial charge in [0.25, 0.3) is 11.5 Å². The summed E-state index contributed by atoms with van der Waals surface area (Å²) in [5, 5.41) is 2.55. The van der Waals surface area contributed by atoms with Crippen molar-refractivity contribution in [2.45, 2.75) is 33.7 Å². The number of carbonyl (C=O) groups is 2. The minimum atomic E-state index is -0.809. The van der Waals surface area contributed by atoms with Crippen LogP contribution in [0, 0.1) is 12.8 Å². The van der Waals surface area contributed by atoms with E-state index in [1.54, 1.807) is 5.38 Å². The van der Waals surface area contributed by atoms with E-state index in [0.29, 0.717) is 5.69 Å². The number of nitrogen functional groups attached to an aromatic ring is 1. The van der Waals surface area contributed by atoms with E-state index in [4.69, 9.17) is 15.2 Å². The van der Waals surface area contributed by atoms with Gasteiger partial charge in [-0.3, -0.25) is 28.8 Å². The van der Waals surface area contributed by atoms with E-state index in [2.05, 4.69) is 9.97 Å². The van der Waals surface area contributed by atoms with E-state index >= 15 is 0 Å². The van der Waals surface area contributed by atoms with Crippen LogP contribution in [0.15, 0.2) is 15.0 Å². The van der Waals surface area contributed by atoms with E-state index in [1.165, 1.54) is 23.0 Å². The van der Waals surface area contributed by atoms with Crippen molar-refractivity contribution in [3.63, 3.8) is 0 Å². The molecule has 2 aromatic rings. The Labute approximate surface area is 182 Å². The van der Waals surface area contributed by atoms with Gasteiger partial charge in [0.1, 0.15) is 5.82 Å². The molecule has 0 saturated heterocycles. The van der Waals surface area contributed by atoms with Crippen LogP contribution in [0.1, 0.15) is 24.5 Å². The third-order valence-corrected chi connectivity index (χ3v) is 5.02. The van der Waals surface area contributed by atoms with Crippen molar-refractivity contribution in [1.29, 1.82) is 0 Å². The molecule has 0 bridgehead atoms. The van der Waals surface area contributed by atoms with E-state index in [9.17, 15) is 19.2 Å². The standard InChI is InChI=1S/C19H27N5O6S/c1-11(2)8-24-17(20)16(18(27)22-19(24)28)23(5-6-29-4)14(25)9-30-15(26)7-13-10-31-12(3)21-13/h10-11H,5-9,20H2,1-4H3,(H,22,27,28). The second-order valence-corrected chi connectivity index (χ2v) is 8.29. The molecule has 170 valence electrons. The van der Waals surface area contributed by atoms with E-state index < -0.39 is 29.7 Å². The number of carbonyl (C=O) groups excluding carboxylic acids is 2. The van der Waals surface area contributed by atoms with Gasteiger partial charge in [-0.2, -0.15) is 0 Å². The predicted molar refractivity (Wildman–Crippen MR) is 116 cm³/mol. The minimum absolute atomic E-state index is 0.0225. The van der Waals surface area contributed by atoms with Gasteiger partial charge in [0.2, 0.25) is 0 Å². The zero-order valence-corrected chi connectivity index (χ0v) is 18.8. The highest BCUT2D eigenvalue weighted by atomic mass is 32.1. The Morgan fingerprint density at radius 1 is 1.35 bits per heavy atom. The summed E-state index contributed by atoms with van der Waals surface area (Å²) in [4.78, 5) is 57.0. The average Bonchev–Trinajstić information content (AvgIpc) is 3.10. The lowest BCUT2D eigenvalue weighted by Crippen LogP contribution is -2.44. The summed E-state index contributed by atoms with van der Waals surface area (Å²) in [5.41, 5.74) is 4.99. The van der Waals surface area contributed by atoms with Gasteiger partial charge in [0.05, 0.1) is 23.7 Å². The molecule has 0 aromatic carbocycles. The van der Waals surface area contributed by atoms with Gasteiger partial charge in [-0.1, -0.05) is 13.8 Å². The molecule has 0 aliphatic rings. The van der Waals surface area contributed by atoms with E-state index in [-0.39, 0.29) is 43.5 Å². The fourth-order valence-corrected chi connectivity index (χ4v) is 3.45. The Morgan fingerprint density at radius 3 is 2.65 bits per heavy atom. The monoisotopic (exact) mass is 453 g/mol. The molecular formula is C19H27N5O6S. The third-order valence-electron chi connectivity index (χ3n) is 4.20. The SMILES string of the molecule is COCCN(C(=O)COC(=O)Cc1csc(C)n1)c1c(N)n(CC(C)C)c(=O)[nH]c1=O. The lowest BCUT2D eigenvalue weighted by molar-refractivity contribution is -0.147. The molecule has 2 heterocycles. The van der Waals surface area contributed by atoms with Crippen LogP contribution in [0.4, 0.5) is 11.5 Å². The first-order valence-corrected chi connectivity index (χ1v) is 10.5. The molecule has 0 atom stereocenters. The lowest BCUT2D eigenvalue weighted by Gasteiger charge is -2.24. The molecule has 0 aliphatic carbocycles. The number of thiazole rings is 1. The molecule has 0 fully saturated rings. The minimum Gasteiger partial charge on any atom is -0.455 e. The molecule has 0 unspecified atom stereocenters. The number of nitrogens with one attached hydrogen (secondary N) is 1. The number of hydrogen-bond acceptors (Lipinski definition) is 9. The lowest BCUT2D eigenvalue weighted by atomic mass is 10.2. The quantitative estimate of drug-likeness (QED) is 0.488. The van der Waals surface area contributed by atoms with Crippen LogP contribution in [0.5, 0.6) is 0 Å². The van der Waals surface area contributed by atoms with Crippen molar-refractivity contribution in [1.82, 2.24) is 14.5 Å². The Morgan fingerprint density at radius 2 is 2.06 bits per heavy atom. The van der Waals surface area contributed by atoms with Crippen molar-refractivity contribution in [3.05, 3.63) is 36.9 Å². The number of nitrogens with zero attached hydrogens (tertiary/aromatic N) is 3. The second-order valence-electron chi connectivity index (χ2n) is 7.23. The molecule has 11 nitrogen and oxygen atoms in total. The molecule has 31 heavy (non-hydrogen) atoms. The first-order valence-electron chi connectivity index (χ1n) is 9.62. The van der Waals surface area contributed by atoms with Crippen LogP contribution in [0.2, 0.25) is 0 Å². The summed E-state index contributed by atoms with van der Waals surface area (Å²) >= 11 is 1.40. The van der Waals surface area contributed by atoms with Gasteiger partial charge < -0.3 is 15.2 Å². The molecule has 3 N–H and O–H groups in total. The van der Waals surface area contributed by atoms with Gasteiger partial charge in [-0.05, 0) is 12.8 Å². The third kappa shape index (κ3) is 6.49. The van der Waals surface area contributed by atoms with Crippen molar-refractivity contribution in [3.8, 4) is 0 Å². The van der Waals surface area contributed by atoms with Crippen molar-refractivity contribution in [2.75, 3.05) is 37.5 Å². The summed E-state index contributed by atoms with van der Waals surface area (Å²) in [6.07, 6.45) is -0.0717. The number of H-pyrrole nitrogens is 1. The van der Waals surface area contributed by atoms with Crippen molar-refractivity contribution >= 4 is 34.7 Å². The highest BCUT2D eigenvalue weighted by Crippen LogP contribution is 2.18. The summed E-state index contributed by atoms with van der Waals surface area (Å²) in [6, 6.07) is 0. The molecule has 0 aliphatic heterocycles. The number of amides is 1. The van der Waals surface area contributed by atoms with Crippen LogP contribution in [0.3, 0.4) is 0 Å². The molecule has 0 saturated carbocycles. The summed E-state index contributed by atoms with van der Waals surface area (Å²) < 4.78 is 11.3. The number of hydrogen-bond donors (Lipinski definition) is 2. The number of ether oxygens (including phenoxy) is 2. The molecule has 0 radical (unpaired) electrons. The van der Waals surface area contributed by atoms with Crippen LogP contribution < -0.4 is 21.9 Å². The number of nitrogens with two attached hydrogens (primary N) is 1. The first kappa shape index (κ1) is 24.3. The summed E-state index contributed by atoms with van der Waals surface area (Å²) in [5.74, 6) is -1.38. The number of esters is 1.